The molecule has 0 fully saturated rings. The molecule has 0 bridgehead atoms. The van der Waals surface area contributed by atoms with E-state index in [1.165, 1.54) is 0 Å². The maximum Gasteiger partial charge on any atom is 0.261 e. The van der Waals surface area contributed by atoms with Crippen LogP contribution >= 0.6 is 0 Å². The maximum atomic E-state index is 13.3. The number of nitrogens with one attached hydrogen (secondary N) is 1. The van der Waals surface area contributed by atoms with Gasteiger partial charge in [0.25, 0.3) is 10.0 Å². The normalized spacial score (nSPS) is 17.7. The van der Waals surface area contributed by atoms with Crippen molar-refractivity contribution in [3.63, 3.8) is 0 Å². The van der Waals surface area contributed by atoms with Gasteiger partial charge in [-0.25, -0.2) is 8.42 Å². The molecule has 0 aromatic heterocycles. The summed E-state index contributed by atoms with van der Waals surface area (Å²) in [7, 11) is -3.81. The Kier molecular flexibility index (Phi) is 4.40. The number of hydrogen-bond donors (Lipinski definition) is 1. The summed E-state index contributed by atoms with van der Waals surface area (Å²) in [5, 5.41) is 0. The highest BCUT2D eigenvalue weighted by atomic mass is 32.2. The summed E-state index contributed by atoms with van der Waals surface area (Å²) in [5.74, 6) is -0.258. The van der Waals surface area contributed by atoms with Crippen molar-refractivity contribution in [1.29, 1.82) is 0 Å². The molecule has 5 nitrogen and oxygen atoms in total. The van der Waals surface area contributed by atoms with Crippen molar-refractivity contribution < 1.29 is 13.2 Å². The highest BCUT2D eigenvalue weighted by Gasteiger charge is 2.38. The number of anilines is 2. The van der Waals surface area contributed by atoms with Crippen LogP contribution in [-0.4, -0.2) is 20.9 Å². The fourth-order valence-corrected chi connectivity index (χ4v) is 5.63. The average Bonchev–Trinajstić information content (AvgIpc) is 3.01. The molecule has 0 spiro atoms. The number of sulfonamides is 1. The molecule has 0 saturated carbocycles. The molecule has 1 atom stereocenters. The second kappa shape index (κ2) is 6.99. The highest BCUT2D eigenvalue weighted by molar-refractivity contribution is 7.92. The Morgan fingerprint density at radius 1 is 1.00 bits per heavy atom. The number of hydrogen-bond acceptors (Lipinski definition) is 3. The number of para-hydroxylation sites is 1. The Balaban J connectivity index is 1.57. The number of nitrogens with zero attached hydrogens (tertiary/aromatic N) is 1. The van der Waals surface area contributed by atoms with Crippen LogP contribution in [0.1, 0.15) is 30.4 Å². The van der Waals surface area contributed by atoms with Crippen LogP contribution in [-0.2, 0) is 21.2 Å². The first-order chi connectivity index (χ1) is 14.5. The molecule has 0 unspecified atom stereocenters. The van der Waals surface area contributed by atoms with E-state index >= 15 is 0 Å². The second-order valence-corrected chi connectivity index (χ2v) is 9.53. The number of rotatable bonds is 4. The molecule has 0 radical (unpaired) electrons. The van der Waals surface area contributed by atoms with Crippen LogP contribution in [0, 0.1) is 0 Å². The van der Waals surface area contributed by atoms with E-state index in [4.69, 9.17) is 0 Å². The van der Waals surface area contributed by atoms with Gasteiger partial charge in [0.05, 0.1) is 22.2 Å². The summed E-state index contributed by atoms with van der Waals surface area (Å²) < 4.78 is 29.4. The third kappa shape index (κ3) is 2.99. The molecule has 30 heavy (non-hydrogen) atoms. The minimum absolute atomic E-state index is 0.0582. The van der Waals surface area contributed by atoms with Crippen LogP contribution in [0.2, 0.25) is 0 Å². The van der Waals surface area contributed by atoms with Crippen molar-refractivity contribution in [2.75, 3.05) is 16.2 Å². The van der Waals surface area contributed by atoms with Gasteiger partial charge in [0.15, 0.2) is 0 Å². The Morgan fingerprint density at radius 3 is 2.53 bits per heavy atom. The molecule has 0 aliphatic carbocycles. The van der Waals surface area contributed by atoms with E-state index in [2.05, 4.69) is 4.72 Å². The van der Waals surface area contributed by atoms with Crippen LogP contribution in [0.4, 0.5) is 11.4 Å². The first kappa shape index (κ1) is 18.9. The fraction of sp³-hybridized carbons (Fsp3) is 0.208. The average molecular weight is 419 g/mol. The zero-order valence-corrected chi connectivity index (χ0v) is 17.4. The van der Waals surface area contributed by atoms with E-state index in [0.29, 0.717) is 12.2 Å². The largest absolute Gasteiger partial charge is 0.311 e. The van der Waals surface area contributed by atoms with E-state index in [-0.39, 0.29) is 16.7 Å². The lowest BCUT2D eigenvalue weighted by Gasteiger charge is -2.26. The first-order valence-electron chi connectivity index (χ1n) is 10.1. The van der Waals surface area contributed by atoms with Crippen molar-refractivity contribution in [3.05, 3.63) is 77.9 Å². The standard InChI is InChI=1S/C24H22N2O3S/c1-16-21-15-19(14-18-10-7-13-26(23(18)21)24(16)27)30(28,29)25-22-12-6-5-11-20(22)17-8-3-2-4-9-17/h2-6,8-9,11-12,14-16,25H,7,10,13H2,1H3/t16-/m1/s1. The Labute approximate surface area is 176 Å². The number of amides is 1. The third-order valence-corrected chi connectivity index (χ3v) is 7.30. The van der Waals surface area contributed by atoms with Gasteiger partial charge in [0.2, 0.25) is 5.91 Å². The molecular weight excluding hydrogens is 396 g/mol. The van der Waals surface area contributed by atoms with Crippen molar-refractivity contribution >= 4 is 27.3 Å². The number of carbonyl (C=O) groups excluding carboxylic acids is 1. The van der Waals surface area contributed by atoms with E-state index in [0.717, 1.165) is 40.8 Å². The smallest absolute Gasteiger partial charge is 0.261 e. The topological polar surface area (TPSA) is 66.5 Å². The summed E-state index contributed by atoms with van der Waals surface area (Å²) in [6.07, 6.45) is 1.63. The number of aryl methyl sites for hydroxylation is 1. The van der Waals surface area contributed by atoms with Crippen molar-refractivity contribution in [1.82, 2.24) is 0 Å². The molecule has 152 valence electrons. The van der Waals surface area contributed by atoms with E-state index in [1.807, 2.05) is 60.4 Å². The summed E-state index contributed by atoms with van der Waals surface area (Å²) in [6, 6.07) is 20.5. The summed E-state index contributed by atoms with van der Waals surface area (Å²) in [5.41, 5.74) is 4.96. The van der Waals surface area contributed by atoms with Gasteiger partial charge >= 0.3 is 0 Å². The van der Waals surface area contributed by atoms with Crippen molar-refractivity contribution in [3.8, 4) is 11.1 Å². The predicted molar refractivity (Wildman–Crippen MR) is 118 cm³/mol. The van der Waals surface area contributed by atoms with Crippen LogP contribution in [0.25, 0.3) is 11.1 Å². The monoisotopic (exact) mass is 418 g/mol. The molecule has 0 saturated heterocycles. The van der Waals surface area contributed by atoms with Gasteiger partial charge in [-0.05, 0) is 54.7 Å². The van der Waals surface area contributed by atoms with Gasteiger partial charge < -0.3 is 4.90 Å². The van der Waals surface area contributed by atoms with Crippen LogP contribution in [0.5, 0.6) is 0 Å². The van der Waals surface area contributed by atoms with Crippen LogP contribution < -0.4 is 9.62 Å². The molecule has 1 N–H and O–H groups in total. The zero-order chi connectivity index (χ0) is 20.9. The number of carbonyl (C=O) groups is 1. The van der Waals surface area contributed by atoms with Gasteiger partial charge in [-0.15, -0.1) is 0 Å². The minimum atomic E-state index is -3.81. The zero-order valence-electron chi connectivity index (χ0n) is 16.6. The first-order valence-corrected chi connectivity index (χ1v) is 11.6. The van der Waals surface area contributed by atoms with Crippen LogP contribution in [0.3, 0.4) is 0 Å². The minimum Gasteiger partial charge on any atom is -0.311 e. The summed E-state index contributed by atoms with van der Waals surface area (Å²) in [6.45, 7) is 2.56. The molecule has 3 aromatic rings. The van der Waals surface area contributed by atoms with E-state index in [9.17, 15) is 13.2 Å². The van der Waals surface area contributed by atoms with Gasteiger partial charge in [-0.1, -0.05) is 48.5 Å². The molecular formula is C24H22N2O3S. The Morgan fingerprint density at radius 2 is 1.73 bits per heavy atom. The van der Waals surface area contributed by atoms with Crippen LogP contribution in [0.15, 0.2) is 71.6 Å². The molecule has 5 rings (SSSR count). The lowest BCUT2D eigenvalue weighted by molar-refractivity contribution is -0.119. The molecule has 2 aliphatic heterocycles. The molecule has 1 amide bonds. The van der Waals surface area contributed by atoms with E-state index in [1.54, 1.807) is 18.2 Å². The molecule has 3 aromatic carbocycles. The number of benzene rings is 3. The molecule has 6 heteroatoms. The predicted octanol–water partition coefficient (Wildman–Crippen LogP) is 4.55. The molecule has 2 aliphatic rings. The lowest BCUT2D eigenvalue weighted by Crippen LogP contribution is -2.32. The van der Waals surface area contributed by atoms with Crippen molar-refractivity contribution in [2.24, 2.45) is 0 Å². The second-order valence-electron chi connectivity index (χ2n) is 7.85. The van der Waals surface area contributed by atoms with Gasteiger partial charge in [0, 0.05) is 12.1 Å². The lowest BCUT2D eigenvalue weighted by atomic mass is 9.97. The third-order valence-electron chi connectivity index (χ3n) is 5.96. The Hall–Kier alpha value is -3.12. The fourth-order valence-electron chi connectivity index (χ4n) is 4.47. The maximum absolute atomic E-state index is 13.3. The molecule has 2 heterocycles. The van der Waals surface area contributed by atoms with Gasteiger partial charge in [-0.3, -0.25) is 9.52 Å². The van der Waals surface area contributed by atoms with Crippen molar-refractivity contribution in [2.45, 2.75) is 30.6 Å². The SMILES string of the molecule is C[C@H]1C(=O)N2CCCc3cc(S(=O)(=O)Nc4ccccc4-c4ccccc4)cc1c32. The van der Waals surface area contributed by atoms with Gasteiger partial charge in [-0.2, -0.15) is 0 Å². The van der Waals surface area contributed by atoms with E-state index < -0.39 is 10.0 Å². The Bertz CT molecular complexity index is 1250. The quantitative estimate of drug-likeness (QED) is 0.676. The summed E-state index contributed by atoms with van der Waals surface area (Å²) in [4.78, 5) is 14.6. The van der Waals surface area contributed by atoms with Gasteiger partial charge in [0.1, 0.15) is 0 Å². The summed E-state index contributed by atoms with van der Waals surface area (Å²) >= 11 is 0. The highest BCUT2D eigenvalue weighted by Crippen LogP contribution is 2.44.